The van der Waals surface area contributed by atoms with Crippen LogP contribution in [0.15, 0.2) is 12.7 Å². The van der Waals surface area contributed by atoms with Crippen LogP contribution in [0.4, 0.5) is 5.95 Å². The third kappa shape index (κ3) is 2.20. The topological polar surface area (TPSA) is 102 Å². The van der Waals surface area contributed by atoms with Crippen molar-refractivity contribution in [3.05, 3.63) is 17.9 Å². The lowest BCUT2D eigenvalue weighted by Gasteiger charge is -2.49. The number of hydrogen-bond donors (Lipinski definition) is 2. The van der Waals surface area contributed by atoms with Crippen LogP contribution in [0.3, 0.4) is 0 Å². The van der Waals surface area contributed by atoms with Crippen molar-refractivity contribution < 1.29 is 5.11 Å². The SMILES string of the molecule is CC1(C)C(O)CC1Nc1nc(Cl)nc(-n2cncn2)n1. The predicted molar refractivity (Wildman–Crippen MR) is 71.6 cm³/mol. The van der Waals surface area contributed by atoms with Crippen molar-refractivity contribution in [3.8, 4) is 5.95 Å². The van der Waals surface area contributed by atoms with Crippen LogP contribution in [0.1, 0.15) is 20.3 Å². The van der Waals surface area contributed by atoms with Crippen LogP contribution in [0.5, 0.6) is 0 Å². The zero-order chi connectivity index (χ0) is 14.3. The maximum absolute atomic E-state index is 9.74. The minimum atomic E-state index is -0.327. The number of aliphatic hydroxyl groups excluding tert-OH is 1. The van der Waals surface area contributed by atoms with E-state index >= 15 is 0 Å². The first-order chi connectivity index (χ1) is 9.46. The summed E-state index contributed by atoms with van der Waals surface area (Å²) in [5, 5.41) is 16.9. The normalized spacial score (nSPS) is 24.2. The molecule has 0 spiro atoms. The molecule has 0 amide bonds. The van der Waals surface area contributed by atoms with E-state index in [-0.39, 0.29) is 22.8 Å². The van der Waals surface area contributed by atoms with Crippen molar-refractivity contribution in [2.45, 2.75) is 32.4 Å². The van der Waals surface area contributed by atoms with Crippen molar-refractivity contribution in [2.24, 2.45) is 5.41 Å². The summed E-state index contributed by atoms with van der Waals surface area (Å²) in [6, 6.07) is 0.0829. The van der Waals surface area contributed by atoms with E-state index in [0.717, 1.165) is 0 Å². The fourth-order valence-electron chi connectivity index (χ4n) is 2.12. The van der Waals surface area contributed by atoms with Gasteiger partial charge in [-0.25, -0.2) is 4.98 Å². The van der Waals surface area contributed by atoms with Crippen molar-refractivity contribution in [1.82, 2.24) is 29.7 Å². The fourth-order valence-corrected chi connectivity index (χ4v) is 2.28. The summed E-state index contributed by atoms with van der Waals surface area (Å²) in [5.41, 5.74) is -0.230. The Balaban J connectivity index is 1.84. The third-order valence-electron chi connectivity index (χ3n) is 3.74. The van der Waals surface area contributed by atoms with E-state index in [1.165, 1.54) is 17.3 Å². The molecule has 1 aliphatic carbocycles. The first-order valence-electron chi connectivity index (χ1n) is 6.18. The minimum Gasteiger partial charge on any atom is -0.392 e. The zero-order valence-electron chi connectivity index (χ0n) is 11.0. The molecule has 2 aromatic heterocycles. The summed E-state index contributed by atoms with van der Waals surface area (Å²) in [5.74, 6) is 0.656. The monoisotopic (exact) mass is 295 g/mol. The average Bonchev–Trinajstić information content (AvgIpc) is 2.91. The number of aromatic nitrogens is 6. The van der Waals surface area contributed by atoms with Crippen LogP contribution in [0.25, 0.3) is 5.95 Å². The van der Waals surface area contributed by atoms with E-state index in [2.05, 4.69) is 30.4 Å². The van der Waals surface area contributed by atoms with Gasteiger partial charge in [0.05, 0.1) is 6.10 Å². The van der Waals surface area contributed by atoms with Gasteiger partial charge in [-0.3, -0.25) is 0 Å². The van der Waals surface area contributed by atoms with E-state index in [1.54, 1.807) is 0 Å². The Kier molecular flexibility index (Phi) is 3.06. The van der Waals surface area contributed by atoms with Gasteiger partial charge in [-0.15, -0.1) is 0 Å². The highest BCUT2D eigenvalue weighted by Gasteiger charge is 2.47. The highest BCUT2D eigenvalue weighted by atomic mass is 35.5. The first-order valence-corrected chi connectivity index (χ1v) is 6.56. The van der Waals surface area contributed by atoms with E-state index < -0.39 is 0 Å². The Morgan fingerprint density at radius 3 is 2.80 bits per heavy atom. The molecule has 0 radical (unpaired) electrons. The molecule has 1 fully saturated rings. The standard InChI is InChI=1S/C11H14ClN7O/c1-11(2)6(3-7(11)20)15-9-16-8(12)17-10(18-9)19-5-13-4-14-19/h4-7,20H,3H2,1-2H3,(H,15,16,17,18). The van der Waals surface area contributed by atoms with Crippen LogP contribution < -0.4 is 5.32 Å². The summed E-state index contributed by atoms with van der Waals surface area (Å²) in [6.07, 6.45) is 3.18. The molecule has 2 atom stereocenters. The van der Waals surface area contributed by atoms with Gasteiger partial charge in [0, 0.05) is 11.5 Å². The lowest BCUT2D eigenvalue weighted by molar-refractivity contribution is -0.0512. The summed E-state index contributed by atoms with van der Waals surface area (Å²) >= 11 is 5.90. The van der Waals surface area contributed by atoms with Crippen LogP contribution in [0.2, 0.25) is 5.28 Å². The number of nitrogens with zero attached hydrogens (tertiary/aromatic N) is 6. The molecular formula is C11H14ClN7O. The van der Waals surface area contributed by atoms with Gasteiger partial charge in [0.15, 0.2) is 0 Å². The smallest absolute Gasteiger partial charge is 0.258 e. The van der Waals surface area contributed by atoms with Crippen molar-refractivity contribution >= 4 is 17.5 Å². The largest absolute Gasteiger partial charge is 0.392 e. The van der Waals surface area contributed by atoms with Gasteiger partial charge in [0.1, 0.15) is 12.7 Å². The van der Waals surface area contributed by atoms with Crippen LogP contribution in [-0.4, -0.2) is 47.0 Å². The number of halogens is 1. The molecule has 0 bridgehead atoms. The Bertz CT molecular complexity index is 615. The van der Waals surface area contributed by atoms with Gasteiger partial charge < -0.3 is 10.4 Å². The molecule has 8 nitrogen and oxygen atoms in total. The van der Waals surface area contributed by atoms with Gasteiger partial charge >= 0.3 is 0 Å². The molecule has 3 rings (SSSR count). The molecule has 0 aliphatic heterocycles. The van der Waals surface area contributed by atoms with Crippen molar-refractivity contribution in [2.75, 3.05) is 5.32 Å². The maximum Gasteiger partial charge on any atom is 0.258 e. The van der Waals surface area contributed by atoms with Gasteiger partial charge in [0.25, 0.3) is 5.95 Å². The van der Waals surface area contributed by atoms with Gasteiger partial charge in [-0.05, 0) is 18.0 Å². The maximum atomic E-state index is 9.74. The first kappa shape index (κ1) is 13.2. The Morgan fingerprint density at radius 2 is 2.20 bits per heavy atom. The van der Waals surface area contributed by atoms with Crippen molar-refractivity contribution in [1.29, 1.82) is 0 Å². The Labute approximate surface area is 120 Å². The number of hydrogen-bond acceptors (Lipinski definition) is 7. The highest BCUT2D eigenvalue weighted by molar-refractivity contribution is 6.28. The molecule has 2 unspecified atom stereocenters. The van der Waals surface area contributed by atoms with Gasteiger partial charge in [0.2, 0.25) is 11.2 Å². The number of anilines is 1. The molecule has 2 N–H and O–H groups in total. The van der Waals surface area contributed by atoms with Gasteiger partial charge in [-0.1, -0.05) is 13.8 Å². The molecule has 2 heterocycles. The minimum absolute atomic E-state index is 0.0747. The van der Waals surface area contributed by atoms with Crippen LogP contribution >= 0.6 is 11.6 Å². The number of rotatable bonds is 3. The highest BCUT2D eigenvalue weighted by Crippen LogP contribution is 2.41. The molecular weight excluding hydrogens is 282 g/mol. The molecule has 2 aromatic rings. The Morgan fingerprint density at radius 1 is 1.40 bits per heavy atom. The third-order valence-corrected chi connectivity index (χ3v) is 3.91. The lowest BCUT2D eigenvalue weighted by atomic mass is 9.65. The second-order valence-electron chi connectivity index (χ2n) is 5.34. The predicted octanol–water partition coefficient (Wildman–Crippen LogP) is 0.677. The van der Waals surface area contributed by atoms with Crippen LogP contribution in [-0.2, 0) is 0 Å². The van der Waals surface area contributed by atoms with Crippen LogP contribution in [0, 0.1) is 5.41 Å². The summed E-state index contributed by atoms with van der Waals surface area (Å²) in [7, 11) is 0. The van der Waals surface area contributed by atoms with Crippen molar-refractivity contribution in [3.63, 3.8) is 0 Å². The lowest BCUT2D eigenvalue weighted by Crippen LogP contribution is -2.57. The van der Waals surface area contributed by atoms with Gasteiger partial charge in [-0.2, -0.15) is 24.7 Å². The molecule has 0 aromatic carbocycles. The molecule has 106 valence electrons. The molecule has 1 aliphatic rings. The average molecular weight is 296 g/mol. The number of nitrogens with one attached hydrogen (secondary N) is 1. The molecule has 1 saturated carbocycles. The van der Waals surface area contributed by atoms with E-state index in [0.29, 0.717) is 18.3 Å². The quantitative estimate of drug-likeness (QED) is 0.858. The van der Waals surface area contributed by atoms with E-state index in [4.69, 9.17) is 11.6 Å². The second kappa shape index (κ2) is 4.64. The van der Waals surface area contributed by atoms with E-state index in [9.17, 15) is 5.11 Å². The molecule has 9 heteroatoms. The van der Waals surface area contributed by atoms with E-state index in [1.807, 2.05) is 13.8 Å². The fraction of sp³-hybridized carbons (Fsp3) is 0.545. The zero-order valence-corrected chi connectivity index (χ0v) is 11.8. The molecule has 20 heavy (non-hydrogen) atoms. The Hall–Kier alpha value is -1.80. The summed E-state index contributed by atoms with van der Waals surface area (Å²) < 4.78 is 1.40. The number of aliphatic hydroxyl groups is 1. The summed E-state index contributed by atoms with van der Waals surface area (Å²) in [4.78, 5) is 16.1. The summed E-state index contributed by atoms with van der Waals surface area (Å²) in [6.45, 7) is 3.97. The molecule has 0 saturated heterocycles. The second-order valence-corrected chi connectivity index (χ2v) is 5.68.